The monoisotopic (exact) mass is 263 g/mol. The lowest BCUT2D eigenvalue weighted by Crippen LogP contribution is -2.41. The number of benzene rings is 1. The number of hydrogen-bond donors (Lipinski definition) is 2. The highest BCUT2D eigenvalue weighted by Gasteiger charge is 2.36. The van der Waals surface area contributed by atoms with Crippen LogP contribution in [0.2, 0.25) is 0 Å². The number of carbonyl (C=O) groups excluding carboxylic acids is 1. The smallest absolute Gasteiger partial charge is 0.433 e. The van der Waals surface area contributed by atoms with Crippen molar-refractivity contribution in [3.05, 3.63) is 48.0 Å². The van der Waals surface area contributed by atoms with E-state index in [9.17, 15) is 15.1 Å². The summed E-state index contributed by atoms with van der Waals surface area (Å²) in [5.74, 6) is -0.355. The predicted octanol–water partition coefficient (Wildman–Crippen LogP) is 2.12. The molecule has 1 aromatic rings. The van der Waals surface area contributed by atoms with E-state index in [2.05, 4.69) is 4.74 Å². The van der Waals surface area contributed by atoms with Crippen LogP contribution in [0, 0.1) is 5.92 Å². The summed E-state index contributed by atoms with van der Waals surface area (Å²) in [4.78, 5) is 11.3. The maximum atomic E-state index is 11.3. The van der Waals surface area contributed by atoms with Gasteiger partial charge in [0.1, 0.15) is 0 Å². The van der Waals surface area contributed by atoms with Gasteiger partial charge in [0, 0.05) is 5.92 Å². The number of nitrogens with zero attached hydrogens (tertiary/aromatic N) is 1. The fourth-order valence-electron chi connectivity index (χ4n) is 2.34. The standard InChI is InChI=1S/C14H17NO4/c1-19-14(17)15(18)12-9-5-8-11(12)13(16)10-6-3-2-4-7-10/h2-8,11-13,16,18H,9H2,1H3. The van der Waals surface area contributed by atoms with E-state index in [4.69, 9.17) is 0 Å². The summed E-state index contributed by atoms with van der Waals surface area (Å²) in [7, 11) is 1.20. The third-order valence-electron chi connectivity index (χ3n) is 3.36. The molecule has 1 amide bonds. The van der Waals surface area contributed by atoms with Gasteiger partial charge in [-0.25, -0.2) is 4.79 Å². The average molecular weight is 263 g/mol. The second-order valence-corrected chi connectivity index (χ2v) is 4.48. The molecule has 19 heavy (non-hydrogen) atoms. The Labute approximate surface area is 111 Å². The Morgan fingerprint density at radius 1 is 1.42 bits per heavy atom. The molecule has 5 nitrogen and oxygen atoms in total. The number of hydroxylamine groups is 2. The average Bonchev–Trinajstić information content (AvgIpc) is 2.95. The fraction of sp³-hybridized carbons (Fsp3) is 0.357. The summed E-state index contributed by atoms with van der Waals surface area (Å²) in [6.07, 6.45) is 2.55. The van der Waals surface area contributed by atoms with Gasteiger partial charge in [-0.15, -0.1) is 0 Å². The van der Waals surface area contributed by atoms with Crippen LogP contribution < -0.4 is 0 Å². The molecule has 0 aromatic heterocycles. The molecule has 0 aliphatic heterocycles. The van der Waals surface area contributed by atoms with Gasteiger partial charge in [-0.1, -0.05) is 42.5 Å². The van der Waals surface area contributed by atoms with E-state index in [0.717, 1.165) is 5.56 Å². The molecule has 0 radical (unpaired) electrons. The number of hydrogen-bond acceptors (Lipinski definition) is 4. The molecule has 3 atom stereocenters. The first-order valence-electron chi connectivity index (χ1n) is 6.11. The zero-order valence-electron chi connectivity index (χ0n) is 10.6. The van der Waals surface area contributed by atoms with Gasteiger partial charge in [0.25, 0.3) is 0 Å². The number of aliphatic hydroxyl groups is 1. The van der Waals surface area contributed by atoms with Crippen LogP contribution in [-0.2, 0) is 4.74 Å². The van der Waals surface area contributed by atoms with E-state index in [1.807, 2.05) is 42.5 Å². The Kier molecular flexibility index (Phi) is 4.19. The van der Waals surface area contributed by atoms with Crippen molar-refractivity contribution in [3.63, 3.8) is 0 Å². The van der Waals surface area contributed by atoms with Gasteiger partial charge in [0.2, 0.25) is 0 Å². The van der Waals surface area contributed by atoms with Crippen LogP contribution in [0.25, 0.3) is 0 Å². The van der Waals surface area contributed by atoms with Gasteiger partial charge < -0.3 is 9.84 Å². The van der Waals surface area contributed by atoms with Crippen LogP contribution >= 0.6 is 0 Å². The van der Waals surface area contributed by atoms with Crippen LogP contribution in [-0.4, -0.2) is 34.6 Å². The van der Waals surface area contributed by atoms with Crippen molar-refractivity contribution >= 4 is 6.09 Å². The molecule has 0 bridgehead atoms. The van der Waals surface area contributed by atoms with E-state index in [1.165, 1.54) is 7.11 Å². The van der Waals surface area contributed by atoms with Crippen molar-refractivity contribution in [3.8, 4) is 0 Å². The van der Waals surface area contributed by atoms with Gasteiger partial charge in [0.05, 0.1) is 19.3 Å². The highest BCUT2D eigenvalue weighted by Crippen LogP contribution is 2.33. The van der Waals surface area contributed by atoms with Gasteiger partial charge in [-0.3, -0.25) is 5.21 Å². The van der Waals surface area contributed by atoms with Crippen LogP contribution in [0.1, 0.15) is 18.1 Å². The van der Waals surface area contributed by atoms with Gasteiger partial charge in [0.15, 0.2) is 0 Å². The number of aliphatic hydroxyl groups excluding tert-OH is 1. The highest BCUT2D eigenvalue weighted by atomic mass is 16.6. The zero-order chi connectivity index (χ0) is 13.8. The number of carbonyl (C=O) groups is 1. The largest absolute Gasteiger partial charge is 0.451 e. The van der Waals surface area contributed by atoms with Crippen molar-refractivity contribution in [2.24, 2.45) is 5.92 Å². The van der Waals surface area contributed by atoms with E-state index >= 15 is 0 Å². The zero-order valence-corrected chi connectivity index (χ0v) is 10.6. The molecule has 0 heterocycles. The molecule has 0 spiro atoms. The Morgan fingerprint density at radius 3 is 2.74 bits per heavy atom. The van der Waals surface area contributed by atoms with Crippen molar-refractivity contribution < 1.29 is 19.8 Å². The number of amides is 1. The predicted molar refractivity (Wildman–Crippen MR) is 68.5 cm³/mol. The molecule has 1 aliphatic carbocycles. The summed E-state index contributed by atoms with van der Waals surface area (Å²) in [5.41, 5.74) is 0.752. The molecular weight excluding hydrogens is 246 g/mol. The minimum absolute atomic E-state index is 0.355. The molecule has 1 aromatic carbocycles. The van der Waals surface area contributed by atoms with Crippen molar-refractivity contribution in [1.82, 2.24) is 5.06 Å². The fourth-order valence-corrected chi connectivity index (χ4v) is 2.34. The Bertz CT molecular complexity index is 460. The van der Waals surface area contributed by atoms with Gasteiger partial charge >= 0.3 is 6.09 Å². The topological polar surface area (TPSA) is 70.0 Å². The Balaban J connectivity index is 2.14. The number of methoxy groups -OCH3 is 1. The van der Waals surface area contributed by atoms with Gasteiger partial charge in [-0.05, 0) is 12.0 Å². The first kappa shape index (κ1) is 13.6. The maximum absolute atomic E-state index is 11.3. The second-order valence-electron chi connectivity index (χ2n) is 4.48. The maximum Gasteiger partial charge on any atom is 0.433 e. The molecular formula is C14H17NO4. The molecule has 3 unspecified atom stereocenters. The minimum atomic E-state index is -0.820. The summed E-state index contributed by atoms with van der Waals surface area (Å²) < 4.78 is 4.49. The highest BCUT2D eigenvalue weighted by molar-refractivity contribution is 5.66. The van der Waals surface area contributed by atoms with Crippen molar-refractivity contribution in [2.75, 3.05) is 7.11 Å². The Hall–Kier alpha value is -1.85. The molecule has 102 valence electrons. The normalized spacial score (nSPS) is 23.1. The minimum Gasteiger partial charge on any atom is -0.451 e. The first-order chi connectivity index (χ1) is 9.15. The first-order valence-corrected chi connectivity index (χ1v) is 6.11. The molecule has 2 N–H and O–H groups in total. The van der Waals surface area contributed by atoms with Crippen LogP contribution in [0.4, 0.5) is 4.79 Å². The summed E-state index contributed by atoms with van der Waals surface area (Å²) >= 11 is 0. The third kappa shape index (κ3) is 2.77. The van der Waals surface area contributed by atoms with Gasteiger partial charge in [-0.2, -0.15) is 5.06 Å². The summed E-state index contributed by atoms with van der Waals surface area (Å²) in [6, 6.07) is 8.65. The van der Waals surface area contributed by atoms with Crippen LogP contribution in [0.3, 0.4) is 0 Å². The second kappa shape index (κ2) is 5.86. The third-order valence-corrected chi connectivity index (χ3v) is 3.36. The lowest BCUT2D eigenvalue weighted by molar-refractivity contribution is -0.117. The molecule has 5 heteroatoms. The van der Waals surface area contributed by atoms with Crippen molar-refractivity contribution in [1.29, 1.82) is 0 Å². The number of rotatable bonds is 3. The SMILES string of the molecule is COC(=O)N(O)C1CC=CC1C(O)c1ccccc1. The molecule has 0 saturated heterocycles. The number of ether oxygens (including phenoxy) is 1. The van der Waals surface area contributed by atoms with E-state index in [-0.39, 0.29) is 5.92 Å². The lowest BCUT2D eigenvalue weighted by atomic mass is 9.91. The van der Waals surface area contributed by atoms with Crippen LogP contribution in [0.15, 0.2) is 42.5 Å². The molecule has 0 fully saturated rings. The molecule has 2 rings (SSSR count). The summed E-state index contributed by atoms with van der Waals surface area (Å²) in [6.45, 7) is 0. The lowest BCUT2D eigenvalue weighted by Gasteiger charge is -2.29. The Morgan fingerprint density at radius 2 is 2.11 bits per heavy atom. The van der Waals surface area contributed by atoms with E-state index < -0.39 is 18.2 Å². The summed E-state index contributed by atoms with van der Waals surface area (Å²) in [5, 5.41) is 20.7. The van der Waals surface area contributed by atoms with E-state index in [0.29, 0.717) is 11.5 Å². The quantitative estimate of drug-likeness (QED) is 0.498. The van der Waals surface area contributed by atoms with E-state index in [1.54, 1.807) is 0 Å². The molecule has 1 aliphatic rings. The molecule has 0 saturated carbocycles. The van der Waals surface area contributed by atoms with Crippen LogP contribution in [0.5, 0.6) is 0 Å². The van der Waals surface area contributed by atoms with Crippen molar-refractivity contribution in [2.45, 2.75) is 18.6 Å².